The lowest BCUT2D eigenvalue weighted by Crippen LogP contribution is -2.28. The zero-order valence-corrected chi connectivity index (χ0v) is 16.2. The molecule has 2 heterocycles. The van der Waals surface area contributed by atoms with Gasteiger partial charge < -0.3 is 19.7 Å². The van der Waals surface area contributed by atoms with Crippen molar-refractivity contribution in [2.75, 3.05) is 31.7 Å². The number of nitrogens with one attached hydrogen (secondary N) is 1. The summed E-state index contributed by atoms with van der Waals surface area (Å²) in [6.45, 7) is 1.58. The number of ether oxygens (including phenoxy) is 2. The van der Waals surface area contributed by atoms with Gasteiger partial charge in [-0.2, -0.15) is 0 Å². The highest BCUT2D eigenvalue weighted by molar-refractivity contribution is 5.93. The molecule has 7 nitrogen and oxygen atoms in total. The van der Waals surface area contributed by atoms with Crippen molar-refractivity contribution in [2.45, 2.75) is 6.42 Å². The molecule has 3 aromatic rings. The van der Waals surface area contributed by atoms with Crippen molar-refractivity contribution in [1.29, 1.82) is 0 Å². The summed E-state index contributed by atoms with van der Waals surface area (Å²) in [7, 11) is 1.62. The normalized spacial score (nSPS) is 12.4. The Balaban J connectivity index is 1.28. The maximum absolute atomic E-state index is 12.3. The molecule has 1 aromatic heterocycles. The predicted molar refractivity (Wildman–Crippen MR) is 110 cm³/mol. The van der Waals surface area contributed by atoms with Gasteiger partial charge in [0.15, 0.2) is 0 Å². The molecule has 0 unspecified atom stereocenters. The number of para-hydroxylation sites is 1. The summed E-state index contributed by atoms with van der Waals surface area (Å²) in [5, 5.41) is 2.81. The van der Waals surface area contributed by atoms with Crippen LogP contribution in [-0.4, -0.2) is 42.7 Å². The molecule has 0 radical (unpaired) electrons. The lowest BCUT2D eigenvalue weighted by Gasteiger charge is -2.16. The number of benzene rings is 2. The highest BCUT2D eigenvalue weighted by Crippen LogP contribution is 2.31. The number of carbonyl (C=O) groups is 1. The van der Waals surface area contributed by atoms with Crippen LogP contribution in [0.4, 0.5) is 11.6 Å². The van der Waals surface area contributed by atoms with Crippen LogP contribution in [0.1, 0.15) is 15.9 Å². The molecule has 1 amide bonds. The lowest BCUT2D eigenvalue weighted by atomic mass is 10.2. The van der Waals surface area contributed by atoms with Gasteiger partial charge in [0.2, 0.25) is 5.95 Å². The van der Waals surface area contributed by atoms with Gasteiger partial charge in [-0.3, -0.25) is 4.79 Å². The molecule has 1 aliphatic rings. The lowest BCUT2D eigenvalue weighted by molar-refractivity contribution is 0.0946. The topological polar surface area (TPSA) is 76.6 Å². The van der Waals surface area contributed by atoms with Gasteiger partial charge in [-0.15, -0.1) is 0 Å². The number of fused-ring (bicyclic) bond motifs is 1. The Hall–Kier alpha value is -3.61. The highest BCUT2D eigenvalue weighted by atomic mass is 16.5. The van der Waals surface area contributed by atoms with E-state index in [1.54, 1.807) is 19.5 Å². The zero-order chi connectivity index (χ0) is 20.1. The fraction of sp³-hybridized carbons (Fsp3) is 0.227. The molecular weight excluding hydrogens is 368 g/mol. The van der Waals surface area contributed by atoms with E-state index >= 15 is 0 Å². The minimum atomic E-state index is -0.225. The number of hydrogen-bond donors (Lipinski definition) is 1. The van der Waals surface area contributed by atoms with E-state index in [-0.39, 0.29) is 5.91 Å². The van der Waals surface area contributed by atoms with E-state index < -0.39 is 0 Å². The first-order valence-electron chi connectivity index (χ1n) is 9.47. The molecule has 1 N–H and O–H groups in total. The summed E-state index contributed by atoms with van der Waals surface area (Å²) in [6, 6.07) is 15.5. The van der Waals surface area contributed by atoms with Gasteiger partial charge in [0.25, 0.3) is 5.91 Å². The van der Waals surface area contributed by atoms with Crippen molar-refractivity contribution in [3.05, 3.63) is 72.1 Å². The molecule has 2 aromatic carbocycles. The molecule has 1 aliphatic heterocycles. The fourth-order valence-corrected chi connectivity index (χ4v) is 3.23. The third kappa shape index (κ3) is 4.29. The minimum Gasteiger partial charge on any atom is -0.497 e. The number of nitrogens with zero attached hydrogens (tertiary/aromatic N) is 3. The molecule has 4 rings (SSSR count). The summed E-state index contributed by atoms with van der Waals surface area (Å²) >= 11 is 0. The number of carbonyl (C=O) groups excluding carboxylic acids is 1. The number of hydrogen-bond acceptors (Lipinski definition) is 6. The van der Waals surface area contributed by atoms with E-state index in [2.05, 4.69) is 32.3 Å². The third-order valence-corrected chi connectivity index (χ3v) is 4.74. The Morgan fingerprint density at radius 3 is 2.55 bits per heavy atom. The monoisotopic (exact) mass is 390 g/mol. The van der Waals surface area contributed by atoms with Gasteiger partial charge >= 0.3 is 0 Å². The Morgan fingerprint density at radius 1 is 1.07 bits per heavy atom. The predicted octanol–water partition coefficient (Wildman–Crippen LogP) is 2.99. The van der Waals surface area contributed by atoms with Crippen LogP contribution in [0.25, 0.3) is 0 Å². The van der Waals surface area contributed by atoms with Crippen LogP contribution in [0.3, 0.4) is 0 Å². The molecule has 29 heavy (non-hydrogen) atoms. The average Bonchev–Trinajstić information content (AvgIpc) is 3.21. The van der Waals surface area contributed by atoms with Gasteiger partial charge in [0.05, 0.1) is 19.2 Å². The number of anilines is 2. The molecular formula is C22H22N4O3. The zero-order valence-electron chi connectivity index (χ0n) is 16.2. The van der Waals surface area contributed by atoms with Crippen molar-refractivity contribution in [3.8, 4) is 11.5 Å². The molecule has 0 fully saturated rings. The molecule has 0 spiro atoms. The third-order valence-electron chi connectivity index (χ3n) is 4.74. The van der Waals surface area contributed by atoms with Crippen LogP contribution in [0, 0.1) is 0 Å². The Labute approximate surface area is 169 Å². The molecule has 7 heteroatoms. The Morgan fingerprint density at radius 2 is 1.79 bits per heavy atom. The summed E-state index contributed by atoms with van der Waals surface area (Å²) in [5.41, 5.74) is 2.83. The van der Waals surface area contributed by atoms with Crippen molar-refractivity contribution in [1.82, 2.24) is 15.3 Å². The van der Waals surface area contributed by atoms with Gasteiger partial charge in [-0.05, 0) is 42.3 Å². The van der Waals surface area contributed by atoms with E-state index in [0.29, 0.717) is 24.7 Å². The fourth-order valence-electron chi connectivity index (χ4n) is 3.23. The standard InChI is InChI=1S/C22H22N4O3/c1-28-18-6-8-19(9-7-18)29-13-11-23-21(27)17-14-24-22(25-15-17)26-12-10-16-4-2-3-5-20(16)26/h2-9,14-15H,10-13H2,1H3,(H,23,27). The Kier molecular flexibility index (Phi) is 5.56. The van der Waals surface area contributed by atoms with Crippen LogP contribution < -0.4 is 19.7 Å². The second kappa shape index (κ2) is 8.60. The highest BCUT2D eigenvalue weighted by Gasteiger charge is 2.21. The van der Waals surface area contributed by atoms with Gasteiger partial charge in [0, 0.05) is 24.6 Å². The second-order valence-electron chi connectivity index (χ2n) is 6.58. The molecule has 0 atom stereocenters. The largest absolute Gasteiger partial charge is 0.497 e. The van der Waals surface area contributed by atoms with Gasteiger partial charge in [-0.1, -0.05) is 18.2 Å². The maximum atomic E-state index is 12.3. The van der Waals surface area contributed by atoms with Crippen molar-refractivity contribution >= 4 is 17.5 Å². The number of aromatic nitrogens is 2. The van der Waals surface area contributed by atoms with Crippen LogP contribution in [0.2, 0.25) is 0 Å². The quantitative estimate of drug-likeness (QED) is 0.625. The second-order valence-corrected chi connectivity index (χ2v) is 6.58. The molecule has 0 saturated heterocycles. The summed E-state index contributed by atoms with van der Waals surface area (Å²) in [5.74, 6) is 1.87. The van der Waals surface area contributed by atoms with Crippen LogP contribution in [0.15, 0.2) is 60.9 Å². The number of rotatable bonds is 7. The Bertz CT molecular complexity index is 974. The summed E-state index contributed by atoms with van der Waals surface area (Å²) in [4.78, 5) is 23.1. The van der Waals surface area contributed by atoms with Crippen LogP contribution >= 0.6 is 0 Å². The van der Waals surface area contributed by atoms with Crippen molar-refractivity contribution < 1.29 is 14.3 Å². The van der Waals surface area contributed by atoms with Gasteiger partial charge in [0.1, 0.15) is 18.1 Å². The van der Waals surface area contributed by atoms with Crippen LogP contribution in [-0.2, 0) is 6.42 Å². The van der Waals surface area contributed by atoms with E-state index in [9.17, 15) is 4.79 Å². The average molecular weight is 390 g/mol. The van der Waals surface area contributed by atoms with E-state index in [1.807, 2.05) is 36.4 Å². The number of amides is 1. The maximum Gasteiger partial charge on any atom is 0.254 e. The van der Waals surface area contributed by atoms with Crippen molar-refractivity contribution in [2.24, 2.45) is 0 Å². The SMILES string of the molecule is COc1ccc(OCCNC(=O)c2cnc(N3CCc4ccccc43)nc2)cc1. The first-order chi connectivity index (χ1) is 14.2. The smallest absolute Gasteiger partial charge is 0.254 e. The first-order valence-corrected chi connectivity index (χ1v) is 9.47. The molecule has 0 bridgehead atoms. The molecule has 0 aliphatic carbocycles. The molecule has 148 valence electrons. The van der Waals surface area contributed by atoms with E-state index in [1.165, 1.54) is 5.56 Å². The van der Waals surface area contributed by atoms with E-state index in [0.717, 1.165) is 30.2 Å². The number of methoxy groups -OCH3 is 1. The summed E-state index contributed by atoms with van der Waals surface area (Å²) in [6.07, 6.45) is 4.09. The summed E-state index contributed by atoms with van der Waals surface area (Å²) < 4.78 is 10.7. The minimum absolute atomic E-state index is 0.225. The van der Waals surface area contributed by atoms with E-state index in [4.69, 9.17) is 9.47 Å². The van der Waals surface area contributed by atoms with Gasteiger partial charge in [-0.25, -0.2) is 9.97 Å². The first kappa shape index (κ1) is 18.7. The molecule has 0 saturated carbocycles. The van der Waals surface area contributed by atoms with Crippen LogP contribution in [0.5, 0.6) is 11.5 Å². The van der Waals surface area contributed by atoms with Crippen molar-refractivity contribution in [3.63, 3.8) is 0 Å².